The van der Waals surface area contributed by atoms with Crippen LogP contribution in [0.3, 0.4) is 0 Å². The van der Waals surface area contributed by atoms with E-state index in [1.54, 1.807) is 11.4 Å². The summed E-state index contributed by atoms with van der Waals surface area (Å²) in [5.41, 5.74) is -0.197. The van der Waals surface area contributed by atoms with E-state index in [-0.39, 0.29) is 16.9 Å². The molecule has 1 aromatic heterocycles. The number of rotatable bonds is 6. The summed E-state index contributed by atoms with van der Waals surface area (Å²) in [6.45, 7) is -7.05. The van der Waals surface area contributed by atoms with Crippen LogP contribution in [0.5, 0.6) is 0 Å². The van der Waals surface area contributed by atoms with Gasteiger partial charge in [-0.1, -0.05) is 0 Å². The average Bonchev–Trinajstić information content (AvgIpc) is 2.56. The molecule has 6 nitrogen and oxygen atoms in total. The molecule has 0 saturated carbocycles. The van der Waals surface area contributed by atoms with Gasteiger partial charge < -0.3 is 20.8 Å². The van der Waals surface area contributed by atoms with Gasteiger partial charge in [0.1, 0.15) is 5.82 Å². The number of halogens is 2. The Morgan fingerprint density at radius 2 is 2.26 bits per heavy atom. The maximum absolute atomic E-state index is 14.1. The van der Waals surface area contributed by atoms with Gasteiger partial charge in [0, 0.05) is 16.3 Å². The van der Waals surface area contributed by atoms with Crippen molar-refractivity contribution in [3.8, 4) is 0 Å². The van der Waals surface area contributed by atoms with Crippen molar-refractivity contribution in [3.63, 3.8) is 0 Å². The fourth-order valence-corrected chi connectivity index (χ4v) is 2.09. The molecule has 0 bridgehead atoms. The van der Waals surface area contributed by atoms with Crippen molar-refractivity contribution in [1.82, 2.24) is 10.3 Å². The molecule has 1 aromatic carbocycles. The van der Waals surface area contributed by atoms with Gasteiger partial charge >= 0.3 is 0 Å². The maximum atomic E-state index is 14.1. The Morgan fingerprint density at radius 1 is 1.48 bits per heavy atom. The lowest BCUT2D eigenvalue weighted by molar-refractivity contribution is 0.0802. The van der Waals surface area contributed by atoms with Gasteiger partial charge in [0.25, 0.3) is 5.91 Å². The van der Waals surface area contributed by atoms with Crippen LogP contribution in [-0.4, -0.2) is 40.2 Å². The molecule has 1 heterocycles. The summed E-state index contributed by atoms with van der Waals surface area (Å²) < 4.78 is 51.3. The molecule has 122 valence electrons. The van der Waals surface area contributed by atoms with Crippen LogP contribution in [0.2, 0.25) is 0 Å². The highest BCUT2D eigenvalue weighted by Gasteiger charge is 2.14. The number of carbonyl (C=O) groups excluding carboxylic acids is 1. The highest BCUT2D eigenvalue weighted by atomic mass is 127. The number of carbonyl (C=O) groups is 1. The Balaban J connectivity index is 2.32. The fraction of sp³-hybridized carbons (Fsp3) is 0.200. The van der Waals surface area contributed by atoms with Crippen LogP contribution in [-0.2, 0) is 0 Å². The summed E-state index contributed by atoms with van der Waals surface area (Å²) in [4.78, 5) is 16.3. The van der Waals surface area contributed by atoms with E-state index in [2.05, 4.69) is 10.3 Å². The molecule has 0 fully saturated rings. The standard InChI is InChI=1S/C15H15FIN3O3/c16-12-5-9(17)1-2-13(12)20-14-7-18-4-3-11(14)15(23)19-6-10(22)8-21/h1-5,7,10,20-22H,6,8H2,(H,19,23)/i6D2,8D2,10D. The summed E-state index contributed by atoms with van der Waals surface area (Å²) in [6.07, 6.45) is -1.32. The van der Waals surface area contributed by atoms with Crippen LogP contribution >= 0.6 is 22.6 Å². The third kappa shape index (κ3) is 4.85. The molecule has 1 unspecified atom stereocenters. The topological polar surface area (TPSA) is 94.5 Å². The first kappa shape index (κ1) is 11.7. The zero-order chi connectivity index (χ0) is 21.3. The SMILES string of the molecule is [2H]C([2H])(O)C([2H])(O)C([2H])([2H])NC(=O)c1ccncc1Nc1ccc(I)cc1F. The zero-order valence-corrected chi connectivity index (χ0v) is 13.6. The molecule has 2 rings (SSSR count). The smallest absolute Gasteiger partial charge is 0.253 e. The minimum Gasteiger partial charge on any atom is -0.394 e. The van der Waals surface area contributed by atoms with Crippen molar-refractivity contribution in [2.45, 2.75) is 6.08 Å². The highest BCUT2D eigenvalue weighted by Crippen LogP contribution is 2.23. The summed E-state index contributed by atoms with van der Waals surface area (Å²) in [7, 11) is 0. The molecule has 0 aliphatic rings. The average molecular weight is 436 g/mol. The minimum atomic E-state index is -3.71. The molecule has 1 amide bonds. The molecule has 2 aromatic rings. The predicted molar refractivity (Wildman–Crippen MR) is 92.1 cm³/mol. The lowest BCUT2D eigenvalue weighted by Gasteiger charge is -2.13. The Hall–Kier alpha value is -1.78. The molecule has 0 aliphatic heterocycles. The molecule has 0 radical (unpaired) electrons. The second kappa shape index (κ2) is 8.18. The minimum absolute atomic E-state index is 0.00330. The number of aliphatic hydroxyl groups is 2. The van der Waals surface area contributed by atoms with E-state index in [1.165, 1.54) is 30.6 Å². The zero-order valence-electron chi connectivity index (χ0n) is 16.5. The molecule has 0 saturated heterocycles. The van der Waals surface area contributed by atoms with Gasteiger partial charge in [-0.3, -0.25) is 9.78 Å². The van der Waals surface area contributed by atoms with Gasteiger partial charge in [0.2, 0.25) is 0 Å². The third-order valence-corrected chi connectivity index (χ3v) is 3.34. The Kier molecular flexibility index (Phi) is 4.16. The lowest BCUT2D eigenvalue weighted by Crippen LogP contribution is -2.34. The van der Waals surface area contributed by atoms with Crippen LogP contribution < -0.4 is 10.6 Å². The normalized spacial score (nSPS) is 17.7. The number of hydrogen-bond donors (Lipinski definition) is 4. The Bertz CT molecular complexity index is 895. The van der Waals surface area contributed by atoms with Gasteiger partial charge in [-0.25, -0.2) is 4.39 Å². The van der Waals surface area contributed by atoms with Gasteiger partial charge in [-0.05, 0) is 46.9 Å². The summed E-state index contributed by atoms with van der Waals surface area (Å²) in [6, 6.07) is 5.47. The van der Waals surface area contributed by atoms with Crippen LogP contribution in [0.4, 0.5) is 15.8 Å². The fourth-order valence-electron chi connectivity index (χ4n) is 1.64. The first-order valence-corrected chi connectivity index (χ1v) is 7.27. The summed E-state index contributed by atoms with van der Waals surface area (Å²) >= 11 is 1.92. The van der Waals surface area contributed by atoms with Crippen LogP contribution in [0.25, 0.3) is 0 Å². The van der Waals surface area contributed by atoms with E-state index >= 15 is 0 Å². The lowest BCUT2D eigenvalue weighted by atomic mass is 10.2. The van der Waals surface area contributed by atoms with Gasteiger partial charge in [0.05, 0.1) is 42.6 Å². The van der Waals surface area contributed by atoms with Crippen molar-refractivity contribution in [1.29, 1.82) is 0 Å². The first-order chi connectivity index (χ1) is 12.8. The number of pyridine rings is 1. The van der Waals surface area contributed by atoms with Crippen LogP contribution in [0.15, 0.2) is 36.7 Å². The Labute approximate surface area is 152 Å². The van der Waals surface area contributed by atoms with Crippen molar-refractivity contribution in [2.75, 3.05) is 18.4 Å². The number of hydrogen-bond acceptors (Lipinski definition) is 5. The number of benzene rings is 1. The Morgan fingerprint density at radius 3 is 2.96 bits per heavy atom. The molecule has 8 heteroatoms. The molecule has 23 heavy (non-hydrogen) atoms. The summed E-state index contributed by atoms with van der Waals surface area (Å²) in [5, 5.41) is 23.2. The van der Waals surface area contributed by atoms with Gasteiger partial charge in [0.15, 0.2) is 0 Å². The number of nitrogens with zero attached hydrogens (tertiary/aromatic N) is 1. The number of aromatic nitrogens is 1. The number of anilines is 2. The molecule has 0 spiro atoms. The van der Waals surface area contributed by atoms with Crippen molar-refractivity contribution < 1.29 is 26.3 Å². The number of nitrogens with one attached hydrogen (secondary N) is 2. The first-order valence-electron chi connectivity index (χ1n) is 8.69. The van der Waals surface area contributed by atoms with Crippen LogP contribution in [0.1, 0.15) is 17.2 Å². The second-order valence-corrected chi connectivity index (χ2v) is 5.46. The van der Waals surface area contributed by atoms with Crippen molar-refractivity contribution in [3.05, 3.63) is 51.6 Å². The largest absolute Gasteiger partial charge is 0.394 e. The van der Waals surface area contributed by atoms with Gasteiger partial charge in [-0.15, -0.1) is 0 Å². The second-order valence-electron chi connectivity index (χ2n) is 4.21. The van der Waals surface area contributed by atoms with E-state index in [0.29, 0.717) is 3.57 Å². The van der Waals surface area contributed by atoms with E-state index in [9.17, 15) is 19.4 Å². The van der Waals surface area contributed by atoms with Crippen molar-refractivity contribution in [2.24, 2.45) is 0 Å². The molecule has 0 aliphatic carbocycles. The van der Waals surface area contributed by atoms with E-state index in [1.807, 2.05) is 22.6 Å². The van der Waals surface area contributed by atoms with E-state index in [4.69, 9.17) is 6.85 Å². The molecular formula is C15H15FIN3O3. The molecule has 4 N–H and O–H groups in total. The monoisotopic (exact) mass is 436 g/mol. The van der Waals surface area contributed by atoms with Crippen molar-refractivity contribution >= 4 is 39.9 Å². The van der Waals surface area contributed by atoms with E-state index < -0.39 is 30.9 Å². The quantitative estimate of drug-likeness (QED) is 0.517. The van der Waals surface area contributed by atoms with Crippen LogP contribution in [0, 0.1) is 9.39 Å². The molecular weight excluding hydrogens is 416 g/mol. The van der Waals surface area contributed by atoms with E-state index in [0.717, 1.165) is 0 Å². The number of amides is 1. The summed E-state index contributed by atoms with van der Waals surface area (Å²) in [5.74, 6) is -1.76. The highest BCUT2D eigenvalue weighted by molar-refractivity contribution is 14.1. The third-order valence-electron chi connectivity index (χ3n) is 2.67. The maximum Gasteiger partial charge on any atom is 0.253 e. The van der Waals surface area contributed by atoms with Gasteiger partial charge in [-0.2, -0.15) is 0 Å². The predicted octanol–water partition coefficient (Wildman–Crippen LogP) is 1.65. The molecule has 1 atom stereocenters.